The number of hydrogen-bond acceptors (Lipinski definition) is 5. The molecular weight excluding hydrogens is 268 g/mol. The highest BCUT2D eigenvalue weighted by Gasteiger charge is 1.99. The van der Waals surface area contributed by atoms with Crippen LogP contribution in [0.5, 0.6) is 0 Å². The Balaban J connectivity index is 1.75. The van der Waals surface area contributed by atoms with E-state index < -0.39 is 5.97 Å². The van der Waals surface area contributed by atoms with Gasteiger partial charge in [-0.1, -0.05) is 30.3 Å². The van der Waals surface area contributed by atoms with E-state index in [-0.39, 0.29) is 6.42 Å². The zero-order valence-electron chi connectivity index (χ0n) is 11.6. The van der Waals surface area contributed by atoms with Crippen LogP contribution in [0.15, 0.2) is 42.7 Å². The quantitative estimate of drug-likeness (QED) is 0.640. The maximum absolute atomic E-state index is 10.4. The largest absolute Gasteiger partial charge is 0.481 e. The van der Waals surface area contributed by atoms with Crippen molar-refractivity contribution in [3.63, 3.8) is 0 Å². The van der Waals surface area contributed by atoms with E-state index >= 15 is 0 Å². The topological polar surface area (TPSA) is 87.1 Å². The van der Waals surface area contributed by atoms with E-state index in [0.717, 1.165) is 5.56 Å². The minimum Gasteiger partial charge on any atom is -0.481 e. The summed E-state index contributed by atoms with van der Waals surface area (Å²) < 4.78 is 0. The van der Waals surface area contributed by atoms with E-state index in [9.17, 15) is 4.79 Å². The van der Waals surface area contributed by atoms with Gasteiger partial charge < -0.3 is 15.7 Å². The molecule has 0 amide bonds. The third-order valence-corrected chi connectivity index (χ3v) is 2.84. The van der Waals surface area contributed by atoms with Crippen molar-refractivity contribution in [3.8, 4) is 0 Å². The summed E-state index contributed by atoms with van der Waals surface area (Å²) in [5.74, 6) is -0.229. The third-order valence-electron chi connectivity index (χ3n) is 2.84. The number of nitrogens with zero attached hydrogens (tertiary/aromatic N) is 2. The number of aliphatic carboxylic acids is 1. The smallest absolute Gasteiger partial charge is 0.304 e. The number of rotatable bonds is 8. The monoisotopic (exact) mass is 286 g/mol. The molecule has 1 aromatic carbocycles. The maximum atomic E-state index is 10.4. The fraction of sp³-hybridized carbons (Fsp3) is 0.267. The molecule has 2 aromatic rings. The van der Waals surface area contributed by atoms with Crippen molar-refractivity contribution in [3.05, 3.63) is 53.9 Å². The van der Waals surface area contributed by atoms with Gasteiger partial charge in [0.25, 0.3) is 0 Å². The van der Waals surface area contributed by atoms with Crippen LogP contribution in [-0.4, -0.2) is 27.6 Å². The molecule has 0 fully saturated rings. The zero-order chi connectivity index (χ0) is 14.9. The van der Waals surface area contributed by atoms with Gasteiger partial charge in [-0.3, -0.25) is 4.79 Å². The molecule has 0 atom stereocenters. The molecule has 0 spiro atoms. The van der Waals surface area contributed by atoms with Gasteiger partial charge in [-0.15, -0.1) is 0 Å². The first kappa shape index (κ1) is 14.9. The van der Waals surface area contributed by atoms with Crippen molar-refractivity contribution in [1.82, 2.24) is 15.3 Å². The number of carboxylic acids is 1. The number of hydrogen-bond donors (Lipinski definition) is 3. The number of carbonyl (C=O) groups is 1. The summed E-state index contributed by atoms with van der Waals surface area (Å²) in [6.07, 6.45) is 3.57. The molecule has 0 saturated heterocycles. The Morgan fingerprint density at radius 2 is 1.76 bits per heavy atom. The van der Waals surface area contributed by atoms with Crippen molar-refractivity contribution in [2.45, 2.75) is 19.5 Å². The molecular formula is C15H18N4O2. The van der Waals surface area contributed by atoms with Crippen LogP contribution in [0.25, 0.3) is 0 Å². The number of benzene rings is 1. The Bertz CT molecular complexity index is 558. The van der Waals surface area contributed by atoms with Crippen LogP contribution in [-0.2, 0) is 17.9 Å². The molecule has 21 heavy (non-hydrogen) atoms. The average molecular weight is 286 g/mol. The first-order valence-corrected chi connectivity index (χ1v) is 6.75. The lowest BCUT2D eigenvalue weighted by Gasteiger charge is -2.06. The van der Waals surface area contributed by atoms with Gasteiger partial charge in [-0.2, -0.15) is 0 Å². The second-order valence-electron chi connectivity index (χ2n) is 4.57. The molecule has 0 bridgehead atoms. The minimum atomic E-state index is -0.806. The molecule has 3 N–H and O–H groups in total. The van der Waals surface area contributed by atoms with E-state index in [1.165, 1.54) is 5.56 Å². The average Bonchev–Trinajstić information content (AvgIpc) is 2.51. The predicted molar refractivity (Wildman–Crippen MR) is 79.8 cm³/mol. The third kappa shape index (κ3) is 5.58. The summed E-state index contributed by atoms with van der Waals surface area (Å²) in [7, 11) is 0. The van der Waals surface area contributed by atoms with Gasteiger partial charge in [-0.05, 0) is 5.56 Å². The van der Waals surface area contributed by atoms with Crippen LogP contribution in [0.4, 0.5) is 5.95 Å². The van der Waals surface area contributed by atoms with E-state index in [0.29, 0.717) is 25.6 Å². The van der Waals surface area contributed by atoms with E-state index in [4.69, 9.17) is 5.11 Å². The number of anilines is 1. The van der Waals surface area contributed by atoms with Gasteiger partial charge in [0, 0.05) is 37.6 Å². The van der Waals surface area contributed by atoms with E-state index in [1.807, 2.05) is 30.3 Å². The molecule has 0 aliphatic heterocycles. The van der Waals surface area contributed by atoms with Crippen LogP contribution in [0.1, 0.15) is 17.5 Å². The Hall–Kier alpha value is -2.47. The molecule has 0 radical (unpaired) electrons. The van der Waals surface area contributed by atoms with Gasteiger partial charge in [0.05, 0.1) is 6.42 Å². The molecule has 0 aliphatic carbocycles. The van der Waals surface area contributed by atoms with Crippen LogP contribution in [0, 0.1) is 0 Å². The lowest BCUT2D eigenvalue weighted by Crippen LogP contribution is -2.18. The molecule has 110 valence electrons. The van der Waals surface area contributed by atoms with Gasteiger partial charge in [0.1, 0.15) is 0 Å². The van der Waals surface area contributed by atoms with Crippen molar-refractivity contribution in [2.24, 2.45) is 0 Å². The Morgan fingerprint density at radius 1 is 1.05 bits per heavy atom. The number of nitrogens with one attached hydrogen (secondary N) is 2. The van der Waals surface area contributed by atoms with Crippen molar-refractivity contribution >= 4 is 11.9 Å². The van der Waals surface area contributed by atoms with Crippen LogP contribution < -0.4 is 10.6 Å². The molecule has 6 nitrogen and oxygen atoms in total. The van der Waals surface area contributed by atoms with Crippen molar-refractivity contribution in [2.75, 3.05) is 11.9 Å². The fourth-order valence-corrected chi connectivity index (χ4v) is 1.74. The molecule has 0 saturated carbocycles. The Morgan fingerprint density at radius 3 is 2.43 bits per heavy atom. The van der Waals surface area contributed by atoms with Crippen LogP contribution >= 0.6 is 0 Å². The second kappa shape index (κ2) is 7.96. The summed E-state index contributed by atoms with van der Waals surface area (Å²) in [5, 5.41) is 14.7. The molecule has 2 rings (SSSR count). The molecule has 0 aliphatic rings. The Kier molecular flexibility index (Phi) is 5.66. The highest BCUT2D eigenvalue weighted by atomic mass is 16.4. The summed E-state index contributed by atoms with van der Waals surface area (Å²) in [6, 6.07) is 10.0. The van der Waals surface area contributed by atoms with Gasteiger partial charge in [0.15, 0.2) is 0 Å². The summed E-state index contributed by atoms with van der Waals surface area (Å²) in [5.41, 5.74) is 2.09. The maximum Gasteiger partial charge on any atom is 0.304 e. The lowest BCUT2D eigenvalue weighted by molar-refractivity contribution is -0.136. The van der Waals surface area contributed by atoms with E-state index in [1.54, 1.807) is 12.4 Å². The minimum absolute atomic E-state index is 0.109. The highest BCUT2D eigenvalue weighted by Crippen LogP contribution is 2.04. The second-order valence-corrected chi connectivity index (χ2v) is 4.57. The summed E-state index contributed by atoms with van der Waals surface area (Å²) in [4.78, 5) is 18.8. The first-order chi connectivity index (χ1) is 10.2. The van der Waals surface area contributed by atoms with Gasteiger partial charge >= 0.3 is 5.97 Å². The zero-order valence-corrected chi connectivity index (χ0v) is 11.6. The predicted octanol–water partition coefficient (Wildman–Crippen LogP) is 1.65. The van der Waals surface area contributed by atoms with Crippen LogP contribution in [0.2, 0.25) is 0 Å². The normalized spacial score (nSPS) is 10.3. The van der Waals surface area contributed by atoms with Gasteiger partial charge in [-0.25, -0.2) is 9.97 Å². The molecule has 1 aromatic heterocycles. The fourth-order valence-electron chi connectivity index (χ4n) is 1.74. The van der Waals surface area contributed by atoms with Gasteiger partial charge in [0.2, 0.25) is 5.95 Å². The summed E-state index contributed by atoms with van der Waals surface area (Å²) >= 11 is 0. The van der Waals surface area contributed by atoms with Crippen molar-refractivity contribution in [1.29, 1.82) is 0 Å². The SMILES string of the molecule is O=C(O)CCNCc1cnc(NCc2ccccc2)nc1. The molecule has 1 heterocycles. The van der Waals surface area contributed by atoms with E-state index in [2.05, 4.69) is 20.6 Å². The standard InChI is InChI=1S/C15H18N4O2/c20-14(21)6-7-16-8-13-10-18-15(19-11-13)17-9-12-4-2-1-3-5-12/h1-5,10-11,16H,6-9H2,(H,20,21)(H,17,18,19). The highest BCUT2D eigenvalue weighted by molar-refractivity contribution is 5.66. The van der Waals surface area contributed by atoms with Crippen molar-refractivity contribution < 1.29 is 9.90 Å². The number of carboxylic acid groups (broad SMARTS) is 1. The Labute approximate surface area is 123 Å². The first-order valence-electron chi connectivity index (χ1n) is 6.75. The lowest BCUT2D eigenvalue weighted by atomic mass is 10.2. The number of aromatic nitrogens is 2. The van der Waals surface area contributed by atoms with Crippen LogP contribution in [0.3, 0.4) is 0 Å². The summed E-state index contributed by atoms with van der Waals surface area (Å²) in [6.45, 7) is 1.67. The molecule has 6 heteroatoms. The molecule has 0 unspecified atom stereocenters.